The molecule has 0 aliphatic carbocycles. The van der Waals surface area contributed by atoms with Gasteiger partial charge in [-0.15, -0.1) is 0 Å². The average molecular weight is 294 g/mol. The Morgan fingerprint density at radius 2 is 1.92 bits per heavy atom. The first-order valence-corrected chi connectivity index (χ1v) is 4.09. The smallest absolute Gasteiger partial charge is 0.306 e. The van der Waals surface area contributed by atoms with Gasteiger partial charge in [0, 0.05) is 29.9 Å². The number of aliphatic hydroxyl groups is 1. The van der Waals surface area contributed by atoms with Crippen LogP contribution in [0.4, 0.5) is 0 Å². The van der Waals surface area contributed by atoms with E-state index in [0.717, 1.165) is 0 Å². The number of aliphatic hydroxyl groups excluding tert-OH is 1. The second-order valence-electron chi connectivity index (χ2n) is 3.46. The van der Waals surface area contributed by atoms with E-state index in [2.05, 4.69) is 0 Å². The van der Waals surface area contributed by atoms with Crippen LogP contribution >= 0.6 is 0 Å². The minimum absolute atomic E-state index is 0. The summed E-state index contributed by atoms with van der Waals surface area (Å²) < 4.78 is 0. The first-order valence-electron chi connectivity index (χ1n) is 4.09. The van der Waals surface area contributed by atoms with Crippen LogP contribution in [0.5, 0.6) is 0 Å². The monoisotopic (exact) mass is 295 g/mol. The maximum absolute atomic E-state index is 10.2. The summed E-state index contributed by atoms with van der Waals surface area (Å²) in [5.41, 5.74) is 5.55. The van der Waals surface area contributed by atoms with Gasteiger partial charge in [-0.2, -0.15) is 0 Å². The minimum atomic E-state index is -1.01. The molecule has 0 bridgehead atoms. The summed E-state index contributed by atoms with van der Waals surface area (Å²) in [6.07, 6.45) is -0.549. The van der Waals surface area contributed by atoms with E-state index in [1.165, 1.54) is 0 Å². The third-order valence-electron chi connectivity index (χ3n) is 1.62. The molecule has 0 heterocycles. The van der Waals surface area contributed by atoms with E-state index < -0.39 is 18.1 Å². The number of carboxylic acids is 1. The molecule has 0 fully saturated rings. The second kappa shape index (κ2) is 7.58. The molecule has 5 heteroatoms. The van der Waals surface area contributed by atoms with Crippen molar-refractivity contribution in [3.63, 3.8) is 0 Å². The van der Waals surface area contributed by atoms with Gasteiger partial charge in [0.1, 0.15) is 0 Å². The van der Waals surface area contributed by atoms with Crippen molar-refractivity contribution in [1.82, 2.24) is 0 Å². The number of carboxylic acid groups (broad SMARTS) is 1. The topological polar surface area (TPSA) is 83.5 Å². The molecule has 0 amide bonds. The molecule has 0 aromatic heterocycles. The maximum atomic E-state index is 10.2. The third kappa shape index (κ3) is 8.52. The minimum Gasteiger partial charge on any atom is -0.481 e. The van der Waals surface area contributed by atoms with Crippen LogP contribution in [0.1, 0.15) is 26.7 Å². The van der Waals surface area contributed by atoms with Crippen LogP contribution in [0.15, 0.2) is 0 Å². The Morgan fingerprint density at radius 1 is 1.46 bits per heavy atom. The number of aliphatic carboxylic acids is 1. The predicted octanol–water partition coefficient (Wildman–Crippen LogP) is -0.185. The van der Waals surface area contributed by atoms with Crippen molar-refractivity contribution in [3.8, 4) is 0 Å². The van der Waals surface area contributed by atoms with Gasteiger partial charge < -0.3 is 15.9 Å². The molecule has 0 saturated heterocycles. The molecule has 0 aliphatic rings. The van der Waals surface area contributed by atoms with Crippen LogP contribution in [0.2, 0.25) is 0 Å². The molecule has 13 heavy (non-hydrogen) atoms. The Balaban J connectivity index is 0. The molecule has 76 valence electrons. The van der Waals surface area contributed by atoms with Crippen LogP contribution in [0, 0.1) is 5.92 Å². The van der Waals surface area contributed by atoms with Crippen molar-refractivity contribution in [3.05, 3.63) is 0 Å². The first-order chi connectivity index (χ1) is 5.43. The van der Waals surface area contributed by atoms with E-state index in [1.54, 1.807) is 0 Å². The number of hydrogen-bond donors (Lipinski definition) is 3. The van der Waals surface area contributed by atoms with Gasteiger partial charge in [-0.25, -0.2) is 0 Å². The fourth-order valence-electron chi connectivity index (χ4n) is 1.03. The Kier molecular flexibility index (Phi) is 9.13. The van der Waals surface area contributed by atoms with E-state index >= 15 is 0 Å². The van der Waals surface area contributed by atoms with Crippen molar-refractivity contribution < 1.29 is 15.0 Å². The molecule has 4 N–H and O–H groups in total. The van der Waals surface area contributed by atoms with Gasteiger partial charge >= 0.3 is 5.97 Å². The van der Waals surface area contributed by atoms with Crippen molar-refractivity contribution in [2.75, 3.05) is 0 Å². The molecular formula is C8H17NO3Sn. The molecule has 0 unspecified atom stereocenters. The Hall–Kier alpha value is 0.189. The molecule has 0 aromatic rings. The van der Waals surface area contributed by atoms with Gasteiger partial charge in [0.25, 0.3) is 0 Å². The Bertz CT molecular complexity index is 152. The quantitative estimate of drug-likeness (QED) is 0.614. The van der Waals surface area contributed by atoms with Gasteiger partial charge in [0.2, 0.25) is 0 Å². The molecule has 4 radical (unpaired) electrons. The number of hydrogen-bond acceptors (Lipinski definition) is 3. The van der Waals surface area contributed by atoms with Crippen LogP contribution in [0.3, 0.4) is 0 Å². The summed E-state index contributed by atoms with van der Waals surface area (Å²) in [5.74, 6) is -0.634. The van der Waals surface area contributed by atoms with Crippen molar-refractivity contribution >= 4 is 29.9 Å². The Labute approximate surface area is 95.5 Å². The molecule has 0 aliphatic heterocycles. The zero-order valence-electron chi connectivity index (χ0n) is 8.03. The van der Waals surface area contributed by atoms with Crippen molar-refractivity contribution in [2.45, 2.75) is 38.8 Å². The summed E-state index contributed by atoms with van der Waals surface area (Å²) in [4.78, 5) is 10.2. The zero-order valence-corrected chi connectivity index (χ0v) is 10.9. The maximum Gasteiger partial charge on any atom is 0.306 e. The van der Waals surface area contributed by atoms with Gasteiger partial charge in [-0.1, -0.05) is 13.8 Å². The SMILES string of the molecule is CC(C)C[C@H](N)[C@@H](O)CC(=O)O.[Sn]. The van der Waals surface area contributed by atoms with Crippen molar-refractivity contribution in [2.24, 2.45) is 11.7 Å². The van der Waals surface area contributed by atoms with E-state index in [-0.39, 0.29) is 30.3 Å². The molecular weight excluding hydrogens is 277 g/mol. The average Bonchev–Trinajstić information content (AvgIpc) is 1.84. The van der Waals surface area contributed by atoms with Gasteiger partial charge in [0.15, 0.2) is 0 Å². The fourth-order valence-corrected chi connectivity index (χ4v) is 1.03. The third-order valence-corrected chi connectivity index (χ3v) is 1.62. The van der Waals surface area contributed by atoms with Crippen LogP contribution in [0.25, 0.3) is 0 Å². The van der Waals surface area contributed by atoms with Gasteiger partial charge in [-0.05, 0) is 12.3 Å². The normalized spacial score (nSPS) is 14.8. The van der Waals surface area contributed by atoms with E-state index in [4.69, 9.17) is 10.8 Å². The van der Waals surface area contributed by atoms with Gasteiger partial charge in [0.05, 0.1) is 12.5 Å². The fraction of sp³-hybridized carbons (Fsp3) is 0.875. The molecule has 4 nitrogen and oxygen atoms in total. The second-order valence-corrected chi connectivity index (χ2v) is 3.46. The summed E-state index contributed by atoms with van der Waals surface area (Å²) in [6.45, 7) is 3.96. The zero-order chi connectivity index (χ0) is 9.72. The van der Waals surface area contributed by atoms with Crippen LogP contribution < -0.4 is 5.73 Å². The number of rotatable bonds is 5. The number of nitrogens with two attached hydrogens (primary N) is 1. The molecule has 0 saturated carbocycles. The number of carbonyl (C=O) groups is 1. The molecule has 2 atom stereocenters. The molecule has 0 aromatic carbocycles. The summed E-state index contributed by atoms with van der Waals surface area (Å²) in [6, 6.07) is -0.430. The van der Waals surface area contributed by atoms with Crippen LogP contribution in [-0.4, -0.2) is 52.2 Å². The van der Waals surface area contributed by atoms with E-state index in [1.807, 2.05) is 13.8 Å². The Morgan fingerprint density at radius 3 is 2.23 bits per heavy atom. The van der Waals surface area contributed by atoms with Crippen molar-refractivity contribution in [1.29, 1.82) is 0 Å². The van der Waals surface area contributed by atoms with E-state index in [0.29, 0.717) is 12.3 Å². The predicted molar refractivity (Wildman–Crippen MR) is 51.4 cm³/mol. The molecule has 0 spiro atoms. The van der Waals surface area contributed by atoms with E-state index in [9.17, 15) is 9.90 Å². The summed E-state index contributed by atoms with van der Waals surface area (Å²) in [5, 5.41) is 17.6. The summed E-state index contributed by atoms with van der Waals surface area (Å²) >= 11 is 0. The molecule has 0 rings (SSSR count). The standard InChI is InChI=1S/C8H17NO3.Sn/c1-5(2)3-6(9)7(10)4-8(11)12;/h5-7,10H,3-4,9H2,1-2H3,(H,11,12);/t6-,7-;/m0./s1. The van der Waals surface area contributed by atoms with Crippen LogP contribution in [-0.2, 0) is 4.79 Å². The first kappa shape index (κ1) is 15.7. The summed E-state index contributed by atoms with van der Waals surface area (Å²) in [7, 11) is 0. The van der Waals surface area contributed by atoms with Gasteiger partial charge in [-0.3, -0.25) is 4.79 Å². The largest absolute Gasteiger partial charge is 0.481 e.